The number of anilines is 1. The van der Waals surface area contributed by atoms with Gasteiger partial charge in [-0.2, -0.15) is 0 Å². The topological polar surface area (TPSA) is 107 Å². The van der Waals surface area contributed by atoms with Crippen LogP contribution in [-0.2, 0) is 5.54 Å². The second-order valence-electron chi connectivity index (χ2n) is 6.20. The van der Waals surface area contributed by atoms with Gasteiger partial charge in [0.15, 0.2) is 0 Å². The summed E-state index contributed by atoms with van der Waals surface area (Å²) in [5.41, 5.74) is 6.23. The fraction of sp³-hybridized carbons (Fsp3) is 0.167. The van der Waals surface area contributed by atoms with Gasteiger partial charge in [-0.05, 0) is 38.1 Å². The van der Waals surface area contributed by atoms with Gasteiger partial charge in [0.05, 0.1) is 11.7 Å². The van der Waals surface area contributed by atoms with Gasteiger partial charge in [0.1, 0.15) is 17.2 Å². The van der Waals surface area contributed by atoms with Gasteiger partial charge >= 0.3 is 0 Å². The molecule has 8 heteroatoms. The number of hydrogen-bond donors (Lipinski definition) is 2. The zero-order valence-corrected chi connectivity index (χ0v) is 14.3. The molecule has 3 N–H and O–H groups in total. The van der Waals surface area contributed by atoms with E-state index in [4.69, 9.17) is 5.73 Å². The number of aromatic nitrogens is 4. The molecule has 0 atom stereocenters. The van der Waals surface area contributed by atoms with Crippen LogP contribution in [0.15, 0.2) is 48.8 Å². The molecule has 0 aliphatic heterocycles. The first-order valence-electron chi connectivity index (χ1n) is 7.86. The van der Waals surface area contributed by atoms with E-state index in [0.717, 1.165) is 0 Å². The number of nitrogens with zero attached hydrogens (tertiary/aromatic N) is 4. The molecular formula is C18H17FN6O. The number of rotatable bonds is 5. The predicted molar refractivity (Wildman–Crippen MR) is 94.6 cm³/mol. The van der Waals surface area contributed by atoms with Crippen molar-refractivity contribution in [3.8, 4) is 11.3 Å². The third kappa shape index (κ3) is 3.64. The molecular weight excluding hydrogens is 335 g/mol. The second-order valence-corrected chi connectivity index (χ2v) is 6.20. The Balaban J connectivity index is 1.83. The second kappa shape index (κ2) is 6.83. The number of carbonyl (C=O) groups is 1. The number of halogens is 1. The maximum absolute atomic E-state index is 14.0. The number of hydrogen-bond acceptors (Lipinski definition) is 6. The van der Waals surface area contributed by atoms with Crippen LogP contribution in [0.1, 0.15) is 29.9 Å². The SMILES string of the molecule is CC(C)(Nc1ncc(-c2cccc(C(N)=O)c2)nn1)c1ncccc1F. The smallest absolute Gasteiger partial charge is 0.248 e. The molecule has 7 nitrogen and oxygen atoms in total. The van der Waals surface area contributed by atoms with E-state index in [2.05, 4.69) is 25.5 Å². The number of nitrogens with one attached hydrogen (secondary N) is 1. The third-order valence-electron chi connectivity index (χ3n) is 3.78. The van der Waals surface area contributed by atoms with Crippen LogP contribution in [0.3, 0.4) is 0 Å². The predicted octanol–water partition coefficient (Wildman–Crippen LogP) is 2.52. The molecule has 0 saturated heterocycles. The molecule has 0 aliphatic carbocycles. The summed E-state index contributed by atoms with van der Waals surface area (Å²) in [4.78, 5) is 19.6. The number of amides is 1. The Kier molecular flexibility index (Phi) is 4.57. The molecule has 1 aromatic carbocycles. The largest absolute Gasteiger partial charge is 0.366 e. The first-order valence-corrected chi connectivity index (χ1v) is 7.86. The fourth-order valence-corrected chi connectivity index (χ4v) is 2.48. The summed E-state index contributed by atoms with van der Waals surface area (Å²) < 4.78 is 14.0. The molecule has 0 spiro atoms. The Labute approximate surface area is 149 Å². The van der Waals surface area contributed by atoms with E-state index >= 15 is 0 Å². The molecule has 2 aromatic heterocycles. The number of benzene rings is 1. The van der Waals surface area contributed by atoms with Crippen LogP contribution in [0.2, 0.25) is 0 Å². The van der Waals surface area contributed by atoms with E-state index in [1.807, 2.05) is 0 Å². The van der Waals surface area contributed by atoms with Gasteiger partial charge in [-0.25, -0.2) is 9.37 Å². The Morgan fingerprint density at radius 1 is 1.15 bits per heavy atom. The van der Waals surface area contributed by atoms with Crippen LogP contribution in [-0.4, -0.2) is 26.1 Å². The highest BCUT2D eigenvalue weighted by Gasteiger charge is 2.26. The highest BCUT2D eigenvalue weighted by Crippen LogP contribution is 2.24. The van der Waals surface area contributed by atoms with Crippen LogP contribution in [0.25, 0.3) is 11.3 Å². The summed E-state index contributed by atoms with van der Waals surface area (Å²) in [6.07, 6.45) is 3.04. The van der Waals surface area contributed by atoms with E-state index in [1.54, 1.807) is 38.1 Å². The molecule has 0 unspecified atom stereocenters. The van der Waals surface area contributed by atoms with Crippen molar-refractivity contribution < 1.29 is 9.18 Å². The summed E-state index contributed by atoms with van der Waals surface area (Å²) in [5, 5.41) is 11.2. The highest BCUT2D eigenvalue weighted by atomic mass is 19.1. The van der Waals surface area contributed by atoms with Crippen LogP contribution in [0, 0.1) is 5.82 Å². The summed E-state index contributed by atoms with van der Waals surface area (Å²) in [6.45, 7) is 3.54. The van der Waals surface area contributed by atoms with E-state index < -0.39 is 17.3 Å². The van der Waals surface area contributed by atoms with Crippen molar-refractivity contribution in [2.45, 2.75) is 19.4 Å². The van der Waals surface area contributed by atoms with E-state index in [1.165, 1.54) is 24.5 Å². The summed E-state index contributed by atoms with van der Waals surface area (Å²) >= 11 is 0. The van der Waals surface area contributed by atoms with E-state index in [-0.39, 0.29) is 11.6 Å². The Hall–Kier alpha value is -3.42. The lowest BCUT2D eigenvalue weighted by molar-refractivity contribution is 0.100. The first kappa shape index (κ1) is 17.4. The van der Waals surface area contributed by atoms with Crippen LogP contribution >= 0.6 is 0 Å². The highest BCUT2D eigenvalue weighted by molar-refractivity contribution is 5.93. The maximum Gasteiger partial charge on any atom is 0.248 e. The molecule has 132 valence electrons. The Bertz CT molecular complexity index is 942. The maximum atomic E-state index is 14.0. The summed E-state index contributed by atoms with van der Waals surface area (Å²) in [7, 11) is 0. The molecule has 0 fully saturated rings. The minimum atomic E-state index is -0.833. The molecule has 0 radical (unpaired) electrons. The van der Waals surface area contributed by atoms with Crippen molar-refractivity contribution in [3.63, 3.8) is 0 Å². The summed E-state index contributed by atoms with van der Waals surface area (Å²) in [6, 6.07) is 9.59. The van der Waals surface area contributed by atoms with Crippen molar-refractivity contribution in [1.82, 2.24) is 20.2 Å². The molecule has 2 heterocycles. The zero-order valence-electron chi connectivity index (χ0n) is 14.3. The first-order chi connectivity index (χ1) is 12.4. The average Bonchev–Trinajstić information content (AvgIpc) is 2.62. The molecule has 3 rings (SSSR count). The van der Waals surface area contributed by atoms with E-state index in [0.29, 0.717) is 16.8 Å². The minimum Gasteiger partial charge on any atom is -0.366 e. The quantitative estimate of drug-likeness (QED) is 0.731. The van der Waals surface area contributed by atoms with Crippen molar-refractivity contribution in [2.24, 2.45) is 5.73 Å². The standard InChI is InChI=1S/C18H17FN6O/c1-18(2,15-13(19)7-4-8-21-15)23-17-22-10-14(24-25-17)11-5-3-6-12(9-11)16(20)26/h3-10H,1-2H3,(H2,20,26)(H,22,23,25). The monoisotopic (exact) mass is 352 g/mol. The van der Waals surface area contributed by atoms with Crippen LogP contribution in [0.5, 0.6) is 0 Å². The molecule has 0 saturated carbocycles. The van der Waals surface area contributed by atoms with Crippen molar-refractivity contribution in [1.29, 1.82) is 0 Å². The van der Waals surface area contributed by atoms with Crippen LogP contribution in [0.4, 0.5) is 10.3 Å². The Morgan fingerprint density at radius 3 is 2.62 bits per heavy atom. The molecule has 26 heavy (non-hydrogen) atoms. The van der Waals surface area contributed by atoms with Crippen LogP contribution < -0.4 is 11.1 Å². The lowest BCUT2D eigenvalue weighted by atomic mass is 9.99. The van der Waals surface area contributed by atoms with Crippen molar-refractivity contribution in [3.05, 3.63) is 65.9 Å². The number of primary amides is 1. The number of pyridine rings is 1. The average molecular weight is 352 g/mol. The van der Waals surface area contributed by atoms with Gasteiger partial charge in [-0.3, -0.25) is 9.78 Å². The van der Waals surface area contributed by atoms with Gasteiger partial charge in [-0.1, -0.05) is 12.1 Å². The fourth-order valence-electron chi connectivity index (χ4n) is 2.48. The van der Waals surface area contributed by atoms with Crippen molar-refractivity contribution >= 4 is 11.9 Å². The van der Waals surface area contributed by atoms with Crippen molar-refractivity contribution in [2.75, 3.05) is 5.32 Å². The van der Waals surface area contributed by atoms with Gasteiger partial charge in [0, 0.05) is 17.3 Å². The Morgan fingerprint density at radius 2 is 1.96 bits per heavy atom. The molecule has 0 aliphatic rings. The summed E-state index contributed by atoms with van der Waals surface area (Å²) in [5.74, 6) is -0.710. The normalized spacial score (nSPS) is 11.2. The zero-order chi connectivity index (χ0) is 18.7. The molecule has 1 amide bonds. The van der Waals surface area contributed by atoms with Gasteiger partial charge in [0.2, 0.25) is 11.9 Å². The molecule has 0 bridgehead atoms. The van der Waals surface area contributed by atoms with Gasteiger partial charge in [0.25, 0.3) is 0 Å². The van der Waals surface area contributed by atoms with Gasteiger partial charge in [-0.15, -0.1) is 10.2 Å². The molecule has 3 aromatic rings. The third-order valence-corrected chi connectivity index (χ3v) is 3.78. The lowest BCUT2D eigenvalue weighted by Crippen LogP contribution is -2.31. The lowest BCUT2D eigenvalue weighted by Gasteiger charge is -2.25. The number of carbonyl (C=O) groups excluding carboxylic acids is 1. The van der Waals surface area contributed by atoms with E-state index in [9.17, 15) is 9.18 Å². The number of nitrogens with two attached hydrogens (primary N) is 1. The minimum absolute atomic E-state index is 0.231. The van der Waals surface area contributed by atoms with Gasteiger partial charge < -0.3 is 11.1 Å².